The van der Waals surface area contributed by atoms with Crippen molar-refractivity contribution in [1.29, 1.82) is 0 Å². The molecule has 1 aliphatic rings. The number of aryl methyl sites for hydroxylation is 3. The van der Waals surface area contributed by atoms with Gasteiger partial charge in [-0.15, -0.1) is 0 Å². The van der Waals surface area contributed by atoms with Gasteiger partial charge < -0.3 is 9.64 Å². The molecule has 0 aromatic heterocycles. The average molecular weight is 448 g/mol. The lowest BCUT2D eigenvalue weighted by molar-refractivity contribution is -0.384. The Balaban J connectivity index is 1.58. The molecule has 2 aromatic carbocycles. The number of benzene rings is 2. The molecular weight excluding hydrogens is 422 g/mol. The van der Waals surface area contributed by atoms with E-state index in [2.05, 4.69) is 0 Å². The number of ether oxygens (including phenoxy) is 1. The summed E-state index contributed by atoms with van der Waals surface area (Å²) < 4.78 is 33.1. The molecule has 0 unspecified atom stereocenters. The quantitative estimate of drug-likeness (QED) is 0.497. The van der Waals surface area contributed by atoms with Gasteiger partial charge in [0.25, 0.3) is 11.6 Å². The zero-order valence-corrected chi connectivity index (χ0v) is 18.5. The van der Waals surface area contributed by atoms with Gasteiger partial charge in [0.15, 0.2) is 6.61 Å². The van der Waals surface area contributed by atoms with Gasteiger partial charge in [-0.2, -0.15) is 4.31 Å². The monoisotopic (exact) mass is 447 g/mol. The van der Waals surface area contributed by atoms with E-state index in [0.717, 1.165) is 5.56 Å². The fourth-order valence-electron chi connectivity index (χ4n) is 3.78. The smallest absolute Gasteiger partial charge is 0.269 e. The molecule has 1 fully saturated rings. The van der Waals surface area contributed by atoms with Crippen molar-refractivity contribution in [2.24, 2.45) is 0 Å². The summed E-state index contributed by atoms with van der Waals surface area (Å²) in [7, 11) is -3.65. The van der Waals surface area contributed by atoms with E-state index in [1.165, 1.54) is 28.6 Å². The molecule has 1 aliphatic heterocycles. The number of hydrogen-bond acceptors (Lipinski definition) is 6. The molecule has 9 nitrogen and oxygen atoms in total. The molecule has 0 N–H and O–H groups in total. The van der Waals surface area contributed by atoms with Crippen LogP contribution in [0.3, 0.4) is 0 Å². The number of nitro benzene ring substituents is 1. The van der Waals surface area contributed by atoms with Crippen molar-refractivity contribution in [3.63, 3.8) is 0 Å². The predicted molar refractivity (Wildman–Crippen MR) is 115 cm³/mol. The third kappa shape index (κ3) is 5.02. The molecule has 1 heterocycles. The van der Waals surface area contributed by atoms with Gasteiger partial charge in [-0.3, -0.25) is 14.9 Å². The van der Waals surface area contributed by atoms with Crippen molar-refractivity contribution in [3.8, 4) is 5.75 Å². The van der Waals surface area contributed by atoms with E-state index in [1.807, 2.05) is 19.1 Å². The third-order valence-electron chi connectivity index (χ3n) is 5.20. The Bertz CT molecular complexity index is 1070. The minimum absolute atomic E-state index is 0.0601. The molecular formula is C21H25N3O6S. The van der Waals surface area contributed by atoms with Crippen molar-refractivity contribution in [2.75, 3.05) is 32.8 Å². The topological polar surface area (TPSA) is 110 Å². The number of piperazine rings is 1. The Kier molecular flexibility index (Phi) is 6.61. The SMILES string of the molecule is Cc1cc(C)c(S(=O)(=O)N2CCN(C(=O)COc3ccc([N+](=O)[O-])cc3)CC2)c(C)c1. The molecule has 31 heavy (non-hydrogen) atoms. The van der Waals surface area contributed by atoms with Crippen LogP contribution in [0.2, 0.25) is 0 Å². The van der Waals surface area contributed by atoms with Gasteiger partial charge in [0.1, 0.15) is 5.75 Å². The van der Waals surface area contributed by atoms with Crippen molar-refractivity contribution in [3.05, 3.63) is 63.2 Å². The first-order chi connectivity index (χ1) is 14.6. The summed E-state index contributed by atoms with van der Waals surface area (Å²) in [5, 5.41) is 10.7. The Hall–Kier alpha value is -2.98. The van der Waals surface area contributed by atoms with Crippen LogP contribution in [0, 0.1) is 30.9 Å². The highest BCUT2D eigenvalue weighted by molar-refractivity contribution is 7.89. The van der Waals surface area contributed by atoms with Gasteiger partial charge in [0.05, 0.1) is 9.82 Å². The highest BCUT2D eigenvalue weighted by atomic mass is 32.2. The predicted octanol–water partition coefficient (Wildman–Crippen LogP) is 2.43. The first kappa shape index (κ1) is 22.7. The lowest BCUT2D eigenvalue weighted by Gasteiger charge is -2.34. The molecule has 10 heteroatoms. The fraction of sp³-hybridized carbons (Fsp3) is 0.381. The summed E-state index contributed by atoms with van der Waals surface area (Å²) in [5.74, 6) is 0.0867. The van der Waals surface area contributed by atoms with Gasteiger partial charge in [-0.1, -0.05) is 17.7 Å². The zero-order valence-electron chi connectivity index (χ0n) is 17.7. The Morgan fingerprint density at radius 3 is 2.10 bits per heavy atom. The Morgan fingerprint density at radius 2 is 1.58 bits per heavy atom. The summed E-state index contributed by atoms with van der Waals surface area (Å²) in [5.41, 5.74) is 2.38. The lowest BCUT2D eigenvalue weighted by atomic mass is 10.1. The number of carbonyl (C=O) groups excluding carboxylic acids is 1. The van der Waals surface area contributed by atoms with Crippen LogP contribution >= 0.6 is 0 Å². The number of sulfonamides is 1. The van der Waals surface area contributed by atoms with Crippen molar-refractivity contribution in [1.82, 2.24) is 9.21 Å². The molecule has 0 aliphatic carbocycles. The van der Waals surface area contributed by atoms with Crippen molar-refractivity contribution < 1.29 is 22.9 Å². The second-order valence-corrected chi connectivity index (χ2v) is 9.43. The summed E-state index contributed by atoms with van der Waals surface area (Å²) in [6.07, 6.45) is 0. The van der Waals surface area contributed by atoms with Gasteiger partial charge >= 0.3 is 0 Å². The average Bonchev–Trinajstić information content (AvgIpc) is 2.71. The Morgan fingerprint density at radius 1 is 1.03 bits per heavy atom. The van der Waals surface area contributed by atoms with Crippen LogP contribution in [-0.2, 0) is 14.8 Å². The van der Waals surface area contributed by atoms with E-state index >= 15 is 0 Å². The first-order valence-corrected chi connectivity index (χ1v) is 11.3. The van der Waals surface area contributed by atoms with E-state index in [1.54, 1.807) is 18.7 Å². The van der Waals surface area contributed by atoms with E-state index in [0.29, 0.717) is 21.8 Å². The van der Waals surface area contributed by atoms with E-state index < -0.39 is 14.9 Å². The van der Waals surface area contributed by atoms with E-state index in [9.17, 15) is 23.3 Å². The summed E-state index contributed by atoms with van der Waals surface area (Å²) in [6.45, 7) is 6.25. The van der Waals surface area contributed by atoms with E-state index in [4.69, 9.17) is 4.74 Å². The number of rotatable bonds is 6. The Labute approximate surface area is 181 Å². The van der Waals surface area contributed by atoms with E-state index in [-0.39, 0.29) is 44.4 Å². The van der Waals surface area contributed by atoms with Crippen LogP contribution < -0.4 is 4.74 Å². The number of hydrogen-bond donors (Lipinski definition) is 0. The fourth-order valence-corrected chi connectivity index (χ4v) is 5.61. The standard InChI is InChI=1S/C21H25N3O6S/c1-15-12-16(2)21(17(3)13-15)31(28,29)23-10-8-22(9-11-23)20(25)14-30-19-6-4-18(5-7-19)24(26)27/h4-7,12-13H,8-11,14H2,1-3H3. The van der Waals surface area contributed by atoms with Crippen molar-refractivity contribution in [2.45, 2.75) is 25.7 Å². The number of nitrogens with zero attached hydrogens (tertiary/aromatic N) is 3. The minimum Gasteiger partial charge on any atom is -0.484 e. The van der Waals surface area contributed by atoms with Crippen LogP contribution in [0.25, 0.3) is 0 Å². The van der Waals surface area contributed by atoms with Crippen LogP contribution in [-0.4, -0.2) is 61.2 Å². The molecule has 1 amide bonds. The molecule has 0 radical (unpaired) electrons. The maximum Gasteiger partial charge on any atom is 0.269 e. The molecule has 0 saturated carbocycles. The number of nitro groups is 1. The highest BCUT2D eigenvalue weighted by Crippen LogP contribution is 2.26. The maximum atomic E-state index is 13.2. The largest absolute Gasteiger partial charge is 0.484 e. The molecule has 166 valence electrons. The molecule has 1 saturated heterocycles. The third-order valence-corrected chi connectivity index (χ3v) is 7.41. The molecule has 2 aromatic rings. The molecule has 0 spiro atoms. The number of carbonyl (C=O) groups is 1. The van der Waals surface area contributed by atoms with Gasteiger partial charge in [-0.25, -0.2) is 8.42 Å². The summed E-state index contributed by atoms with van der Waals surface area (Å²) in [4.78, 5) is 24.5. The lowest BCUT2D eigenvalue weighted by Crippen LogP contribution is -2.51. The van der Waals surface area contributed by atoms with Gasteiger partial charge in [0, 0.05) is 38.3 Å². The van der Waals surface area contributed by atoms with Crippen LogP contribution in [0.15, 0.2) is 41.3 Å². The highest BCUT2D eigenvalue weighted by Gasteiger charge is 2.32. The normalized spacial score (nSPS) is 15.0. The molecule has 0 bridgehead atoms. The summed E-state index contributed by atoms with van der Waals surface area (Å²) >= 11 is 0. The number of non-ortho nitro benzene ring substituents is 1. The molecule has 3 rings (SSSR count). The first-order valence-electron chi connectivity index (χ1n) is 9.82. The number of amides is 1. The van der Waals surface area contributed by atoms with Crippen LogP contribution in [0.1, 0.15) is 16.7 Å². The van der Waals surface area contributed by atoms with Crippen LogP contribution in [0.5, 0.6) is 5.75 Å². The van der Waals surface area contributed by atoms with Gasteiger partial charge in [-0.05, 0) is 44.0 Å². The minimum atomic E-state index is -3.65. The zero-order chi connectivity index (χ0) is 22.8. The maximum absolute atomic E-state index is 13.2. The summed E-state index contributed by atoms with van der Waals surface area (Å²) in [6, 6.07) is 9.19. The molecule has 0 atom stereocenters. The van der Waals surface area contributed by atoms with Crippen LogP contribution in [0.4, 0.5) is 5.69 Å². The second-order valence-electron chi connectivity index (χ2n) is 7.55. The van der Waals surface area contributed by atoms with Gasteiger partial charge in [0.2, 0.25) is 10.0 Å². The second kappa shape index (κ2) is 9.03. The van der Waals surface area contributed by atoms with Crippen molar-refractivity contribution >= 4 is 21.6 Å².